The van der Waals surface area contributed by atoms with Crippen LogP contribution < -0.4 is 4.74 Å². The summed E-state index contributed by atoms with van der Waals surface area (Å²) in [6.07, 6.45) is -3.69. The number of hydrogen-bond acceptors (Lipinski definition) is 6. The number of phenolic OH excluding ortho intramolecular Hbond substituents is 1. The highest BCUT2D eigenvalue weighted by Gasteiger charge is 2.28. The number of phenols is 1. The smallest absolute Gasteiger partial charge is 0.335 e. The Morgan fingerprint density at radius 1 is 1.39 bits per heavy atom. The van der Waals surface area contributed by atoms with Gasteiger partial charge in [-0.2, -0.15) is 0 Å². The minimum Gasteiger partial charge on any atom is -0.504 e. The van der Waals surface area contributed by atoms with E-state index in [1.807, 2.05) is 0 Å². The topological polar surface area (TPSA) is 124 Å². The number of carboxylic acid groups (broad SMARTS) is 1. The highest BCUT2D eigenvalue weighted by molar-refractivity contribution is 5.84. The Morgan fingerprint density at radius 3 is 2.44 bits per heavy atom. The van der Waals surface area contributed by atoms with Gasteiger partial charge in [-0.3, -0.25) is 4.79 Å². The molecule has 0 spiro atoms. The van der Waals surface area contributed by atoms with Gasteiger partial charge in [0.2, 0.25) is 0 Å². The average Bonchev–Trinajstić information content (AvgIpc) is 2.36. The predicted octanol–water partition coefficient (Wildman–Crippen LogP) is -0.308. The van der Waals surface area contributed by atoms with Crippen molar-refractivity contribution >= 4 is 12.3 Å². The number of methoxy groups -OCH3 is 1. The maximum absolute atomic E-state index is 10.9. The Hall–Kier alpha value is -2.12. The van der Waals surface area contributed by atoms with Crippen LogP contribution >= 0.6 is 0 Å². The van der Waals surface area contributed by atoms with E-state index in [1.165, 1.54) is 19.2 Å². The zero-order valence-corrected chi connectivity index (χ0v) is 9.40. The largest absolute Gasteiger partial charge is 0.504 e. The second-order valence-electron chi connectivity index (χ2n) is 3.47. The molecule has 0 saturated carbocycles. The molecule has 0 aliphatic heterocycles. The normalized spacial score (nSPS) is 13.7. The Kier molecular flexibility index (Phi) is 4.24. The van der Waals surface area contributed by atoms with Gasteiger partial charge in [0.05, 0.1) is 12.7 Å². The number of benzene rings is 1. The number of aliphatic hydroxyl groups excluding tert-OH is 2. The van der Waals surface area contributed by atoms with Gasteiger partial charge in [-0.1, -0.05) is 6.07 Å². The van der Waals surface area contributed by atoms with Crippen molar-refractivity contribution in [1.82, 2.24) is 0 Å². The van der Waals surface area contributed by atoms with Crippen LogP contribution in [0.5, 0.6) is 11.5 Å². The van der Waals surface area contributed by atoms with Crippen molar-refractivity contribution in [3.63, 3.8) is 0 Å². The van der Waals surface area contributed by atoms with Crippen molar-refractivity contribution in [1.29, 1.82) is 0 Å². The maximum atomic E-state index is 10.9. The zero-order chi connectivity index (χ0) is 13.9. The lowest BCUT2D eigenvalue weighted by Gasteiger charge is -2.17. The van der Waals surface area contributed by atoms with Gasteiger partial charge in [-0.25, -0.2) is 4.79 Å². The molecule has 0 bridgehead atoms. The number of aromatic hydroxyl groups is 1. The number of aliphatic carboxylic acids is 1. The van der Waals surface area contributed by atoms with Gasteiger partial charge in [0.25, 0.3) is 0 Å². The van der Waals surface area contributed by atoms with E-state index in [9.17, 15) is 24.9 Å². The van der Waals surface area contributed by atoms with Crippen LogP contribution in [0.15, 0.2) is 12.1 Å². The fourth-order valence-corrected chi connectivity index (χ4v) is 1.46. The van der Waals surface area contributed by atoms with Crippen LogP contribution in [0.25, 0.3) is 0 Å². The molecule has 0 fully saturated rings. The lowest BCUT2D eigenvalue weighted by atomic mass is 9.98. The van der Waals surface area contributed by atoms with E-state index < -0.39 is 23.9 Å². The van der Waals surface area contributed by atoms with Crippen LogP contribution in [0.3, 0.4) is 0 Å². The monoisotopic (exact) mass is 256 g/mol. The van der Waals surface area contributed by atoms with Crippen molar-refractivity contribution < 1.29 is 34.8 Å². The van der Waals surface area contributed by atoms with Crippen molar-refractivity contribution in [2.45, 2.75) is 12.2 Å². The first-order chi connectivity index (χ1) is 8.43. The van der Waals surface area contributed by atoms with Gasteiger partial charge < -0.3 is 25.2 Å². The number of hydrogen-bond donors (Lipinski definition) is 4. The molecule has 2 unspecified atom stereocenters. The number of ether oxygens (including phenoxy) is 1. The average molecular weight is 256 g/mol. The molecule has 18 heavy (non-hydrogen) atoms. The van der Waals surface area contributed by atoms with Crippen molar-refractivity contribution in [3.05, 3.63) is 23.3 Å². The second-order valence-corrected chi connectivity index (χ2v) is 3.47. The van der Waals surface area contributed by atoms with Crippen LogP contribution in [-0.4, -0.2) is 45.9 Å². The third-order valence-corrected chi connectivity index (χ3v) is 2.42. The van der Waals surface area contributed by atoms with Crippen molar-refractivity contribution in [2.24, 2.45) is 0 Å². The summed E-state index contributed by atoms with van der Waals surface area (Å²) in [7, 11) is 1.27. The molecule has 0 amide bonds. The van der Waals surface area contributed by atoms with Gasteiger partial charge in [0.1, 0.15) is 6.10 Å². The van der Waals surface area contributed by atoms with E-state index in [-0.39, 0.29) is 23.2 Å². The zero-order valence-electron chi connectivity index (χ0n) is 9.40. The number of carbonyl (C=O) groups excluding carboxylic acids is 1. The summed E-state index contributed by atoms with van der Waals surface area (Å²) in [4.78, 5) is 21.4. The molecule has 0 aromatic heterocycles. The molecule has 0 heterocycles. The van der Waals surface area contributed by atoms with Crippen LogP contribution in [0.2, 0.25) is 0 Å². The van der Waals surface area contributed by atoms with E-state index >= 15 is 0 Å². The first-order valence-corrected chi connectivity index (χ1v) is 4.88. The van der Waals surface area contributed by atoms with Gasteiger partial charge >= 0.3 is 5.97 Å². The summed E-state index contributed by atoms with van der Waals surface area (Å²) >= 11 is 0. The first-order valence-electron chi connectivity index (χ1n) is 4.88. The SMILES string of the molecule is COc1ccc(C(O)C(O)C(=O)O)c(C=O)c1O. The standard InChI is InChI=1S/C11H12O7/c1-18-7-3-2-5(6(4-12)8(7)13)9(14)10(15)11(16)17/h2-4,9-10,13-15H,1H3,(H,16,17). The molecule has 1 aromatic carbocycles. The van der Waals surface area contributed by atoms with E-state index in [0.717, 1.165) is 0 Å². The third kappa shape index (κ3) is 2.41. The molecule has 1 rings (SSSR count). The predicted molar refractivity (Wildman–Crippen MR) is 58.6 cm³/mol. The lowest BCUT2D eigenvalue weighted by Crippen LogP contribution is -2.28. The number of carbonyl (C=O) groups is 2. The number of aldehydes is 1. The van der Waals surface area contributed by atoms with Crippen LogP contribution in [-0.2, 0) is 4.79 Å². The van der Waals surface area contributed by atoms with Crippen LogP contribution in [0.4, 0.5) is 0 Å². The minimum atomic E-state index is -2.10. The molecular formula is C11H12O7. The minimum absolute atomic E-state index is 0.00198. The molecule has 0 aliphatic rings. The van der Waals surface area contributed by atoms with E-state index in [1.54, 1.807) is 0 Å². The van der Waals surface area contributed by atoms with Gasteiger partial charge in [0.15, 0.2) is 23.9 Å². The molecule has 98 valence electrons. The van der Waals surface area contributed by atoms with E-state index in [2.05, 4.69) is 0 Å². The Morgan fingerprint density at radius 2 is 2.00 bits per heavy atom. The fourth-order valence-electron chi connectivity index (χ4n) is 1.46. The fraction of sp³-hybridized carbons (Fsp3) is 0.273. The number of carboxylic acids is 1. The van der Waals surface area contributed by atoms with Crippen molar-refractivity contribution in [3.8, 4) is 11.5 Å². The Bertz CT molecular complexity index is 469. The number of aliphatic hydroxyl groups is 2. The number of rotatable bonds is 5. The van der Waals surface area contributed by atoms with Crippen molar-refractivity contribution in [2.75, 3.05) is 7.11 Å². The molecular weight excluding hydrogens is 244 g/mol. The summed E-state index contributed by atoms with van der Waals surface area (Å²) in [5, 5.41) is 37.0. The molecule has 4 N–H and O–H groups in total. The van der Waals surface area contributed by atoms with Crippen LogP contribution in [0, 0.1) is 0 Å². The maximum Gasteiger partial charge on any atom is 0.335 e. The summed E-state index contributed by atoms with van der Waals surface area (Å²) in [6, 6.07) is 2.44. The van der Waals surface area contributed by atoms with Gasteiger partial charge in [0, 0.05) is 0 Å². The Balaban J connectivity index is 3.29. The molecule has 0 radical (unpaired) electrons. The first kappa shape index (κ1) is 13.9. The molecule has 7 nitrogen and oxygen atoms in total. The summed E-state index contributed by atoms with van der Waals surface area (Å²) in [5.41, 5.74) is -0.527. The highest BCUT2D eigenvalue weighted by Crippen LogP contribution is 2.34. The van der Waals surface area contributed by atoms with Gasteiger partial charge in [-0.15, -0.1) is 0 Å². The lowest BCUT2D eigenvalue weighted by molar-refractivity contribution is -0.153. The molecule has 1 aromatic rings. The second kappa shape index (κ2) is 5.48. The van der Waals surface area contributed by atoms with E-state index in [0.29, 0.717) is 0 Å². The molecule has 0 aliphatic carbocycles. The highest BCUT2D eigenvalue weighted by atomic mass is 16.5. The molecule has 7 heteroatoms. The third-order valence-electron chi connectivity index (χ3n) is 2.42. The summed E-state index contributed by atoms with van der Waals surface area (Å²) < 4.78 is 4.76. The summed E-state index contributed by atoms with van der Waals surface area (Å²) in [6.45, 7) is 0. The quantitative estimate of drug-likeness (QED) is 0.533. The van der Waals surface area contributed by atoms with Gasteiger partial charge in [-0.05, 0) is 11.6 Å². The summed E-state index contributed by atoms with van der Waals surface area (Å²) in [5.74, 6) is -2.17. The van der Waals surface area contributed by atoms with E-state index in [4.69, 9.17) is 9.84 Å². The van der Waals surface area contributed by atoms with Crippen LogP contribution in [0.1, 0.15) is 22.0 Å². The Labute approximate surface area is 102 Å². The molecule has 0 saturated heterocycles. The molecule has 2 atom stereocenters.